The number of hydrogen-bond donors (Lipinski definition) is 0. The van der Waals surface area contributed by atoms with Gasteiger partial charge in [-0.3, -0.25) is 4.79 Å². The number of hydrogen-bond acceptors (Lipinski definition) is 2. The lowest BCUT2D eigenvalue weighted by Gasteiger charge is -2.18. The molecule has 0 bridgehead atoms. The Hall–Kier alpha value is -2.43. The normalized spacial score (nSPS) is 11.2. The monoisotopic (exact) mass is 246 g/mol. The second-order valence-electron chi connectivity index (χ2n) is 3.95. The summed E-state index contributed by atoms with van der Waals surface area (Å²) in [7, 11) is 0. The number of benzene rings is 2. The Balaban J connectivity index is 2.65. The molecule has 0 atom stereocenters. The summed E-state index contributed by atoms with van der Waals surface area (Å²) in [6.45, 7) is 0. The van der Waals surface area contributed by atoms with Crippen LogP contribution in [0.15, 0.2) is 41.2 Å². The van der Waals surface area contributed by atoms with Gasteiger partial charge in [0.1, 0.15) is 11.6 Å². The fourth-order valence-corrected chi connectivity index (χ4v) is 2.00. The van der Waals surface area contributed by atoms with Crippen molar-refractivity contribution in [1.82, 2.24) is 4.73 Å². The molecule has 0 saturated carbocycles. The third kappa shape index (κ3) is 1.37. The molecule has 0 saturated heterocycles. The first kappa shape index (κ1) is 10.7. The van der Waals surface area contributed by atoms with Crippen LogP contribution in [-0.4, -0.2) is 4.73 Å². The summed E-state index contributed by atoms with van der Waals surface area (Å²) in [6, 6.07) is 6.66. The van der Waals surface area contributed by atoms with Crippen LogP contribution < -0.4 is 5.43 Å². The molecule has 3 rings (SSSR count). The Labute approximate surface area is 99.5 Å². The summed E-state index contributed by atoms with van der Waals surface area (Å²) in [5.41, 5.74) is -0.608. The quantitative estimate of drug-likeness (QED) is 0.572. The van der Waals surface area contributed by atoms with Crippen molar-refractivity contribution in [2.75, 3.05) is 0 Å². The first-order valence-electron chi connectivity index (χ1n) is 5.19. The Morgan fingerprint density at radius 3 is 1.78 bits per heavy atom. The molecule has 0 fully saturated rings. The zero-order valence-electron chi connectivity index (χ0n) is 8.98. The highest BCUT2D eigenvalue weighted by Crippen LogP contribution is 2.19. The molecule has 90 valence electrons. The molecule has 5 heteroatoms. The third-order valence-corrected chi connectivity index (χ3v) is 2.85. The van der Waals surface area contributed by atoms with Crippen molar-refractivity contribution in [3.63, 3.8) is 0 Å². The summed E-state index contributed by atoms with van der Waals surface area (Å²) < 4.78 is 26.6. The zero-order valence-corrected chi connectivity index (χ0v) is 8.98. The van der Waals surface area contributed by atoms with E-state index in [-0.39, 0.29) is 21.8 Å². The summed E-state index contributed by atoms with van der Waals surface area (Å²) in [6.07, 6.45) is 0. The van der Waals surface area contributed by atoms with E-state index in [0.717, 1.165) is 24.3 Å². The van der Waals surface area contributed by atoms with Gasteiger partial charge in [0, 0.05) is 10.8 Å². The van der Waals surface area contributed by atoms with E-state index < -0.39 is 17.1 Å². The first-order valence-corrected chi connectivity index (χ1v) is 5.19. The van der Waals surface area contributed by atoms with Crippen LogP contribution in [0.4, 0.5) is 8.78 Å². The summed E-state index contributed by atoms with van der Waals surface area (Å²) in [5.74, 6) is -1.25. The molecule has 1 aromatic heterocycles. The topological polar surface area (TPSA) is 45.1 Å². The van der Waals surface area contributed by atoms with Gasteiger partial charge in [-0.2, -0.15) is 0 Å². The largest absolute Gasteiger partial charge is 0.805 e. The van der Waals surface area contributed by atoms with E-state index in [0.29, 0.717) is 4.73 Å². The summed E-state index contributed by atoms with van der Waals surface area (Å²) >= 11 is 0. The predicted octanol–water partition coefficient (Wildman–Crippen LogP) is 2.78. The van der Waals surface area contributed by atoms with Gasteiger partial charge in [-0.05, 0) is 36.4 Å². The SMILES string of the molecule is O=c1c2ccc(F)cc2n([O-])c2cc(F)ccc12. The van der Waals surface area contributed by atoms with Gasteiger partial charge in [-0.15, -0.1) is 0 Å². The molecular formula is C13H6F2NO2-. The van der Waals surface area contributed by atoms with E-state index in [4.69, 9.17) is 0 Å². The number of nitrogens with zero attached hydrogens (tertiary/aromatic N) is 1. The second-order valence-corrected chi connectivity index (χ2v) is 3.95. The van der Waals surface area contributed by atoms with Crippen LogP contribution in [0.5, 0.6) is 0 Å². The molecule has 3 aromatic rings. The average molecular weight is 246 g/mol. The van der Waals surface area contributed by atoms with Gasteiger partial charge < -0.3 is 9.94 Å². The molecule has 0 N–H and O–H groups in total. The highest BCUT2D eigenvalue weighted by Gasteiger charge is 2.08. The molecule has 0 spiro atoms. The maximum Gasteiger partial charge on any atom is 0.197 e. The standard InChI is InChI=1S/C13H6F2NO2/c14-7-1-3-9-11(5-7)16(18)12-6-8(15)2-4-10(12)13(9)17/h1-6H/q-1. The average Bonchev–Trinajstić information content (AvgIpc) is 2.35. The minimum atomic E-state index is -0.623. The minimum absolute atomic E-state index is 0.0990. The summed E-state index contributed by atoms with van der Waals surface area (Å²) in [4.78, 5) is 12.1. The molecule has 0 radical (unpaired) electrons. The molecule has 0 aliphatic heterocycles. The lowest BCUT2D eigenvalue weighted by atomic mass is 10.1. The van der Waals surface area contributed by atoms with Crippen LogP contribution in [0, 0.1) is 16.8 Å². The maximum absolute atomic E-state index is 13.1. The zero-order chi connectivity index (χ0) is 12.9. The molecule has 18 heavy (non-hydrogen) atoms. The fourth-order valence-electron chi connectivity index (χ4n) is 2.00. The predicted molar refractivity (Wildman–Crippen MR) is 64.4 cm³/mol. The Morgan fingerprint density at radius 1 is 0.889 bits per heavy atom. The van der Waals surface area contributed by atoms with E-state index in [1.54, 1.807) is 0 Å². The van der Waals surface area contributed by atoms with Crippen LogP contribution in [0.1, 0.15) is 0 Å². The molecule has 0 aliphatic carbocycles. The van der Waals surface area contributed by atoms with Gasteiger partial charge in [0.25, 0.3) is 0 Å². The van der Waals surface area contributed by atoms with E-state index in [2.05, 4.69) is 0 Å². The van der Waals surface area contributed by atoms with E-state index in [1.807, 2.05) is 0 Å². The molecule has 0 aliphatic rings. The van der Waals surface area contributed by atoms with E-state index in [9.17, 15) is 18.8 Å². The highest BCUT2D eigenvalue weighted by atomic mass is 19.1. The number of fused-ring (bicyclic) bond motifs is 2. The van der Waals surface area contributed by atoms with E-state index >= 15 is 0 Å². The van der Waals surface area contributed by atoms with Crippen molar-refractivity contribution in [3.8, 4) is 0 Å². The van der Waals surface area contributed by atoms with Crippen molar-refractivity contribution < 1.29 is 8.78 Å². The highest BCUT2D eigenvalue weighted by molar-refractivity contribution is 5.93. The van der Waals surface area contributed by atoms with Crippen molar-refractivity contribution in [2.24, 2.45) is 0 Å². The molecule has 0 unspecified atom stereocenters. The molecular weight excluding hydrogens is 240 g/mol. The number of aromatic nitrogens is 1. The van der Waals surface area contributed by atoms with Crippen molar-refractivity contribution in [3.05, 3.63) is 63.5 Å². The van der Waals surface area contributed by atoms with Crippen LogP contribution in [0.3, 0.4) is 0 Å². The smallest absolute Gasteiger partial charge is 0.197 e. The van der Waals surface area contributed by atoms with Crippen LogP contribution in [0.25, 0.3) is 21.8 Å². The van der Waals surface area contributed by atoms with Gasteiger partial charge in [-0.1, -0.05) is 0 Å². The first-order chi connectivity index (χ1) is 8.58. The van der Waals surface area contributed by atoms with Gasteiger partial charge in [0.15, 0.2) is 5.43 Å². The third-order valence-electron chi connectivity index (χ3n) is 2.85. The van der Waals surface area contributed by atoms with Crippen LogP contribution in [0.2, 0.25) is 0 Å². The summed E-state index contributed by atoms with van der Waals surface area (Å²) in [5, 5.41) is 12.2. The second kappa shape index (κ2) is 3.53. The molecule has 3 nitrogen and oxygen atoms in total. The van der Waals surface area contributed by atoms with Crippen LogP contribution in [-0.2, 0) is 0 Å². The maximum atomic E-state index is 13.1. The van der Waals surface area contributed by atoms with Crippen LogP contribution >= 0.6 is 0 Å². The lowest BCUT2D eigenvalue weighted by Crippen LogP contribution is -2.08. The molecule has 0 amide bonds. The van der Waals surface area contributed by atoms with Gasteiger partial charge in [0.05, 0.1) is 11.0 Å². The number of rotatable bonds is 0. The molecule has 1 heterocycles. The number of pyridine rings is 1. The van der Waals surface area contributed by atoms with Gasteiger partial charge >= 0.3 is 0 Å². The Kier molecular flexibility index (Phi) is 2.10. The minimum Gasteiger partial charge on any atom is -0.805 e. The fraction of sp³-hybridized carbons (Fsp3) is 0. The molecule has 2 aromatic carbocycles. The van der Waals surface area contributed by atoms with Crippen molar-refractivity contribution in [2.45, 2.75) is 0 Å². The van der Waals surface area contributed by atoms with Gasteiger partial charge in [-0.25, -0.2) is 8.78 Å². The Bertz CT molecular complexity index is 774. The lowest BCUT2D eigenvalue weighted by molar-refractivity contribution is 0.628. The van der Waals surface area contributed by atoms with E-state index in [1.165, 1.54) is 12.1 Å². The Morgan fingerprint density at radius 2 is 1.33 bits per heavy atom. The number of halogens is 2. The van der Waals surface area contributed by atoms with Gasteiger partial charge in [0.2, 0.25) is 0 Å². The van der Waals surface area contributed by atoms with Crippen molar-refractivity contribution >= 4 is 21.8 Å². The van der Waals surface area contributed by atoms with Crippen molar-refractivity contribution in [1.29, 1.82) is 0 Å².